The number of thiazole rings is 1. The number of hydrazone groups is 1. The van der Waals surface area contributed by atoms with E-state index in [0.717, 1.165) is 26.5 Å². The summed E-state index contributed by atoms with van der Waals surface area (Å²) in [6.45, 7) is 0.431. The summed E-state index contributed by atoms with van der Waals surface area (Å²) in [4.78, 5) is 4.49. The molecule has 0 saturated heterocycles. The van der Waals surface area contributed by atoms with Crippen molar-refractivity contribution in [3.63, 3.8) is 0 Å². The number of nitrogens with zero attached hydrogens (tertiary/aromatic N) is 2. The number of methoxy groups -OCH3 is 1. The molecule has 0 radical (unpaired) electrons. The standard InChI is InChI=1S/C22H18ClN3O2S/c1-27-20-12-16(8-11-19(20)28-14-15-6-9-17(23)10-7-15)13-24-26-22-25-18-4-2-3-5-21(18)29-22/h2-13H,14H2,1H3,(H,25,26)/b24-13-. The van der Waals surface area contributed by atoms with Crippen LogP contribution in [0.15, 0.2) is 71.8 Å². The second kappa shape index (κ2) is 8.94. The number of rotatable bonds is 7. The van der Waals surface area contributed by atoms with Gasteiger partial charge in [-0.25, -0.2) is 4.98 Å². The Morgan fingerprint density at radius 3 is 2.69 bits per heavy atom. The molecule has 7 heteroatoms. The van der Waals surface area contributed by atoms with E-state index in [1.165, 1.54) is 0 Å². The lowest BCUT2D eigenvalue weighted by Crippen LogP contribution is -1.98. The minimum atomic E-state index is 0.431. The average Bonchev–Trinajstić information content (AvgIpc) is 3.16. The van der Waals surface area contributed by atoms with E-state index in [-0.39, 0.29) is 0 Å². The first-order chi connectivity index (χ1) is 14.2. The summed E-state index contributed by atoms with van der Waals surface area (Å²) in [5.41, 5.74) is 5.85. The molecule has 4 rings (SSSR count). The Bertz CT molecular complexity index is 1110. The minimum Gasteiger partial charge on any atom is -0.493 e. The van der Waals surface area contributed by atoms with Gasteiger partial charge in [-0.05, 0) is 53.6 Å². The van der Waals surface area contributed by atoms with Crippen LogP contribution in [0.4, 0.5) is 5.13 Å². The second-order valence-corrected chi connectivity index (χ2v) is 7.65. The van der Waals surface area contributed by atoms with Crippen LogP contribution >= 0.6 is 22.9 Å². The third-order valence-corrected chi connectivity index (χ3v) is 5.36. The number of hydrogen-bond donors (Lipinski definition) is 1. The maximum absolute atomic E-state index is 5.91. The topological polar surface area (TPSA) is 55.7 Å². The SMILES string of the molecule is COc1cc(/C=N\Nc2nc3ccccc3s2)ccc1OCc1ccc(Cl)cc1. The van der Waals surface area contributed by atoms with Gasteiger partial charge in [-0.2, -0.15) is 5.10 Å². The Morgan fingerprint density at radius 2 is 1.90 bits per heavy atom. The highest BCUT2D eigenvalue weighted by Gasteiger charge is 2.06. The van der Waals surface area contributed by atoms with E-state index < -0.39 is 0 Å². The van der Waals surface area contributed by atoms with Crippen LogP contribution in [-0.2, 0) is 6.61 Å². The summed E-state index contributed by atoms with van der Waals surface area (Å²) >= 11 is 7.47. The Balaban J connectivity index is 1.41. The maximum Gasteiger partial charge on any atom is 0.204 e. The van der Waals surface area contributed by atoms with E-state index in [0.29, 0.717) is 23.1 Å². The zero-order chi connectivity index (χ0) is 20.1. The first-order valence-electron chi connectivity index (χ1n) is 8.91. The van der Waals surface area contributed by atoms with Gasteiger partial charge in [-0.15, -0.1) is 0 Å². The molecule has 0 aliphatic rings. The van der Waals surface area contributed by atoms with Crippen molar-refractivity contribution >= 4 is 44.5 Å². The number of para-hydroxylation sites is 1. The van der Waals surface area contributed by atoms with Gasteiger partial charge in [0.05, 0.1) is 23.5 Å². The molecular weight excluding hydrogens is 406 g/mol. The van der Waals surface area contributed by atoms with Crippen LogP contribution in [0.5, 0.6) is 11.5 Å². The molecule has 0 bridgehead atoms. The van der Waals surface area contributed by atoms with Gasteiger partial charge in [0.15, 0.2) is 11.5 Å². The fourth-order valence-corrected chi connectivity index (χ4v) is 3.65. The van der Waals surface area contributed by atoms with Crippen molar-refractivity contribution in [3.05, 3.63) is 82.9 Å². The predicted octanol–water partition coefficient (Wildman–Crippen LogP) is 5.98. The zero-order valence-corrected chi connectivity index (χ0v) is 17.2. The average molecular weight is 424 g/mol. The summed E-state index contributed by atoms with van der Waals surface area (Å²) in [5, 5.41) is 5.73. The molecule has 0 unspecified atom stereocenters. The van der Waals surface area contributed by atoms with Crippen molar-refractivity contribution < 1.29 is 9.47 Å². The van der Waals surface area contributed by atoms with Crippen molar-refractivity contribution in [2.24, 2.45) is 5.10 Å². The van der Waals surface area contributed by atoms with E-state index in [9.17, 15) is 0 Å². The second-order valence-electron chi connectivity index (χ2n) is 6.18. The highest BCUT2D eigenvalue weighted by Crippen LogP contribution is 2.29. The number of ether oxygens (including phenoxy) is 2. The zero-order valence-electron chi connectivity index (χ0n) is 15.6. The lowest BCUT2D eigenvalue weighted by atomic mass is 10.2. The minimum absolute atomic E-state index is 0.431. The van der Waals surface area contributed by atoms with Gasteiger partial charge >= 0.3 is 0 Å². The first-order valence-corrected chi connectivity index (χ1v) is 10.1. The Labute approximate surface area is 177 Å². The number of hydrogen-bond acceptors (Lipinski definition) is 6. The molecule has 5 nitrogen and oxygen atoms in total. The Hall–Kier alpha value is -3.09. The molecule has 0 fully saturated rings. The largest absolute Gasteiger partial charge is 0.493 e. The van der Waals surface area contributed by atoms with Gasteiger partial charge in [-0.3, -0.25) is 5.43 Å². The van der Waals surface area contributed by atoms with Gasteiger partial charge in [0, 0.05) is 5.02 Å². The highest BCUT2D eigenvalue weighted by atomic mass is 35.5. The van der Waals surface area contributed by atoms with E-state index >= 15 is 0 Å². The monoisotopic (exact) mass is 423 g/mol. The number of benzene rings is 3. The van der Waals surface area contributed by atoms with E-state index in [1.807, 2.05) is 66.7 Å². The van der Waals surface area contributed by atoms with Gasteiger partial charge in [-0.1, -0.05) is 47.2 Å². The van der Waals surface area contributed by atoms with Crippen molar-refractivity contribution in [2.75, 3.05) is 12.5 Å². The molecule has 1 N–H and O–H groups in total. The summed E-state index contributed by atoms with van der Waals surface area (Å²) in [7, 11) is 1.62. The number of fused-ring (bicyclic) bond motifs is 1. The van der Waals surface area contributed by atoms with Crippen molar-refractivity contribution in [3.8, 4) is 11.5 Å². The van der Waals surface area contributed by atoms with E-state index in [4.69, 9.17) is 21.1 Å². The highest BCUT2D eigenvalue weighted by molar-refractivity contribution is 7.22. The summed E-state index contributed by atoms with van der Waals surface area (Å²) < 4.78 is 12.5. The third-order valence-electron chi connectivity index (χ3n) is 4.16. The van der Waals surface area contributed by atoms with Crippen LogP contribution in [-0.4, -0.2) is 18.3 Å². The fraction of sp³-hybridized carbons (Fsp3) is 0.0909. The van der Waals surface area contributed by atoms with Crippen molar-refractivity contribution in [1.29, 1.82) is 0 Å². The molecular formula is C22H18ClN3O2S. The predicted molar refractivity (Wildman–Crippen MR) is 120 cm³/mol. The molecule has 0 amide bonds. The third kappa shape index (κ3) is 4.85. The van der Waals surface area contributed by atoms with Crippen molar-refractivity contribution in [2.45, 2.75) is 6.61 Å². The molecule has 0 aliphatic heterocycles. The molecule has 0 atom stereocenters. The molecule has 3 aromatic carbocycles. The smallest absolute Gasteiger partial charge is 0.204 e. The van der Waals surface area contributed by atoms with Gasteiger partial charge in [0.25, 0.3) is 0 Å². The van der Waals surface area contributed by atoms with Crippen LogP contribution in [0.3, 0.4) is 0 Å². The fourth-order valence-electron chi connectivity index (χ4n) is 2.71. The molecule has 29 heavy (non-hydrogen) atoms. The van der Waals surface area contributed by atoms with Gasteiger partial charge in [0.2, 0.25) is 5.13 Å². The summed E-state index contributed by atoms with van der Waals surface area (Å²) in [6.07, 6.45) is 1.72. The molecule has 146 valence electrons. The molecule has 1 aromatic heterocycles. The summed E-state index contributed by atoms with van der Waals surface area (Å²) in [5.74, 6) is 1.31. The molecule has 0 saturated carbocycles. The lowest BCUT2D eigenvalue weighted by Gasteiger charge is -2.11. The number of anilines is 1. The van der Waals surface area contributed by atoms with Gasteiger partial charge < -0.3 is 9.47 Å². The number of nitrogens with one attached hydrogen (secondary N) is 1. The van der Waals surface area contributed by atoms with Crippen LogP contribution in [0.25, 0.3) is 10.2 Å². The molecule has 1 heterocycles. The Morgan fingerprint density at radius 1 is 1.07 bits per heavy atom. The van der Waals surface area contributed by atoms with Gasteiger partial charge in [0.1, 0.15) is 6.61 Å². The lowest BCUT2D eigenvalue weighted by molar-refractivity contribution is 0.284. The maximum atomic E-state index is 5.91. The van der Waals surface area contributed by atoms with Crippen LogP contribution in [0.2, 0.25) is 5.02 Å². The first kappa shape index (κ1) is 19.2. The van der Waals surface area contributed by atoms with E-state index in [2.05, 4.69) is 15.5 Å². The quantitative estimate of drug-likeness (QED) is 0.293. The molecule has 0 spiro atoms. The van der Waals surface area contributed by atoms with E-state index in [1.54, 1.807) is 24.7 Å². The summed E-state index contributed by atoms with van der Waals surface area (Å²) in [6, 6.07) is 21.2. The number of halogens is 1. The normalized spacial score (nSPS) is 11.1. The van der Waals surface area contributed by atoms with Crippen LogP contribution in [0.1, 0.15) is 11.1 Å². The van der Waals surface area contributed by atoms with Crippen molar-refractivity contribution in [1.82, 2.24) is 4.98 Å². The van der Waals surface area contributed by atoms with Crippen LogP contribution < -0.4 is 14.9 Å². The molecule has 0 aliphatic carbocycles. The Kier molecular flexibility index (Phi) is 5.93. The number of aromatic nitrogens is 1. The molecule has 4 aromatic rings. The van der Waals surface area contributed by atoms with Crippen LogP contribution in [0, 0.1) is 0 Å².